The van der Waals surface area contributed by atoms with Crippen molar-refractivity contribution in [1.29, 1.82) is 0 Å². The molecule has 0 radical (unpaired) electrons. The van der Waals surface area contributed by atoms with Crippen LogP contribution in [0, 0.1) is 5.92 Å². The van der Waals surface area contributed by atoms with E-state index in [-0.39, 0.29) is 5.91 Å². The van der Waals surface area contributed by atoms with Gasteiger partial charge in [0.1, 0.15) is 16.3 Å². The zero-order valence-electron chi connectivity index (χ0n) is 15.3. The lowest BCUT2D eigenvalue weighted by Gasteiger charge is -2.17. The predicted molar refractivity (Wildman–Crippen MR) is 103 cm³/mol. The Morgan fingerprint density at radius 2 is 2.19 bits per heavy atom. The number of carbonyl (C=O) groups excluding carboxylic acids is 1. The quantitative estimate of drug-likeness (QED) is 0.639. The number of aromatic nitrogens is 3. The summed E-state index contributed by atoms with van der Waals surface area (Å²) in [6.07, 6.45) is 3.53. The Hall–Kier alpha value is -2.78. The third-order valence-electron chi connectivity index (χ3n) is 3.95. The zero-order chi connectivity index (χ0) is 19.4. The van der Waals surface area contributed by atoms with Gasteiger partial charge in [-0.3, -0.25) is 4.79 Å². The van der Waals surface area contributed by atoms with Gasteiger partial charge in [-0.1, -0.05) is 25.2 Å². The molecule has 0 bridgehead atoms. The summed E-state index contributed by atoms with van der Waals surface area (Å²) in [5, 5.41) is 11.6. The van der Waals surface area contributed by atoms with Crippen LogP contribution in [0.3, 0.4) is 0 Å². The standard InChI is InChI=1S/C18H21N5O3S/c1-10(2)4-13(19)17(24)22-14-6-15(25-3)12(16-7-20-8-26-16)5-11(14)18-23-21-9-27-18/h5-10,13H,4,19H2,1-3H3,(H,22,24)/t13-/m1/s1. The van der Waals surface area contributed by atoms with E-state index < -0.39 is 6.04 Å². The van der Waals surface area contributed by atoms with Crippen molar-refractivity contribution in [2.24, 2.45) is 11.7 Å². The van der Waals surface area contributed by atoms with Crippen LogP contribution in [0.25, 0.3) is 21.9 Å². The molecule has 2 aromatic heterocycles. The number of methoxy groups -OCH3 is 1. The Morgan fingerprint density at radius 1 is 1.37 bits per heavy atom. The number of nitrogens with zero attached hydrogens (tertiary/aromatic N) is 3. The zero-order valence-corrected chi connectivity index (χ0v) is 16.1. The maximum atomic E-state index is 12.5. The monoisotopic (exact) mass is 387 g/mol. The molecule has 0 unspecified atom stereocenters. The number of ether oxygens (including phenoxy) is 1. The minimum Gasteiger partial charge on any atom is -0.496 e. The summed E-state index contributed by atoms with van der Waals surface area (Å²) >= 11 is 1.36. The van der Waals surface area contributed by atoms with Crippen molar-refractivity contribution in [3.63, 3.8) is 0 Å². The number of hydrogen-bond acceptors (Lipinski definition) is 8. The second-order valence-corrected chi connectivity index (χ2v) is 7.27. The first kappa shape index (κ1) is 19.0. The van der Waals surface area contributed by atoms with Crippen molar-refractivity contribution in [3.8, 4) is 27.6 Å². The number of amides is 1. The fourth-order valence-electron chi connectivity index (χ4n) is 2.70. The Labute approximate surface area is 160 Å². The number of carbonyl (C=O) groups is 1. The molecule has 3 aromatic rings. The van der Waals surface area contributed by atoms with Crippen LogP contribution in [0.5, 0.6) is 5.75 Å². The number of benzene rings is 1. The van der Waals surface area contributed by atoms with Crippen molar-refractivity contribution in [3.05, 3.63) is 30.2 Å². The summed E-state index contributed by atoms with van der Waals surface area (Å²) in [6.45, 7) is 4.05. The lowest BCUT2D eigenvalue weighted by Crippen LogP contribution is -2.36. The fourth-order valence-corrected chi connectivity index (χ4v) is 3.29. The summed E-state index contributed by atoms with van der Waals surface area (Å²) in [6, 6.07) is 2.96. The molecule has 0 saturated carbocycles. The summed E-state index contributed by atoms with van der Waals surface area (Å²) in [5.41, 5.74) is 9.60. The molecule has 142 valence electrons. The molecule has 0 spiro atoms. The third-order valence-corrected chi connectivity index (χ3v) is 4.67. The second-order valence-electron chi connectivity index (χ2n) is 6.43. The van der Waals surface area contributed by atoms with E-state index >= 15 is 0 Å². The molecule has 1 atom stereocenters. The van der Waals surface area contributed by atoms with Gasteiger partial charge >= 0.3 is 0 Å². The fraction of sp³-hybridized carbons (Fsp3) is 0.333. The molecule has 0 aliphatic carbocycles. The topological polar surface area (TPSA) is 116 Å². The molecule has 3 N–H and O–H groups in total. The molecule has 0 aliphatic heterocycles. The SMILES string of the molecule is COc1cc(NC(=O)[C@H](N)CC(C)C)c(-c2nncs2)cc1-c1cnco1. The van der Waals surface area contributed by atoms with E-state index in [9.17, 15) is 4.79 Å². The lowest BCUT2D eigenvalue weighted by atomic mass is 10.0. The summed E-state index contributed by atoms with van der Waals surface area (Å²) in [4.78, 5) is 16.5. The highest BCUT2D eigenvalue weighted by Crippen LogP contribution is 2.40. The van der Waals surface area contributed by atoms with E-state index in [4.69, 9.17) is 14.9 Å². The first-order valence-corrected chi connectivity index (χ1v) is 9.31. The third kappa shape index (κ3) is 4.32. The van der Waals surface area contributed by atoms with Crippen LogP contribution in [0.1, 0.15) is 20.3 Å². The largest absolute Gasteiger partial charge is 0.496 e. The number of nitrogens with one attached hydrogen (secondary N) is 1. The molecule has 0 saturated heterocycles. The molecule has 3 rings (SSSR count). The van der Waals surface area contributed by atoms with Crippen molar-refractivity contribution in [1.82, 2.24) is 15.2 Å². The van der Waals surface area contributed by atoms with E-state index in [2.05, 4.69) is 20.5 Å². The molecule has 0 aliphatic rings. The van der Waals surface area contributed by atoms with Gasteiger partial charge in [0, 0.05) is 11.6 Å². The first-order chi connectivity index (χ1) is 13.0. The second kappa shape index (κ2) is 8.28. The molecule has 2 heterocycles. The van der Waals surface area contributed by atoms with Crippen LogP contribution in [0.2, 0.25) is 0 Å². The molecular weight excluding hydrogens is 366 g/mol. The maximum absolute atomic E-state index is 12.5. The minimum atomic E-state index is -0.604. The predicted octanol–water partition coefficient (Wildman–Crippen LogP) is 3.18. The average molecular weight is 387 g/mol. The number of rotatable bonds is 7. The van der Waals surface area contributed by atoms with Gasteiger partial charge in [0.15, 0.2) is 12.2 Å². The highest BCUT2D eigenvalue weighted by molar-refractivity contribution is 7.12. The van der Waals surface area contributed by atoms with Gasteiger partial charge in [0.25, 0.3) is 0 Å². The molecule has 9 heteroatoms. The Bertz CT molecular complexity index is 894. The molecule has 1 aromatic carbocycles. The van der Waals surface area contributed by atoms with E-state index in [1.807, 2.05) is 19.9 Å². The van der Waals surface area contributed by atoms with Crippen LogP contribution >= 0.6 is 11.3 Å². The minimum absolute atomic E-state index is 0.260. The van der Waals surface area contributed by atoms with Crippen LogP contribution < -0.4 is 15.8 Å². The van der Waals surface area contributed by atoms with Gasteiger partial charge in [0.05, 0.1) is 30.6 Å². The van der Waals surface area contributed by atoms with Gasteiger partial charge in [-0.2, -0.15) is 0 Å². The van der Waals surface area contributed by atoms with Crippen LogP contribution in [-0.4, -0.2) is 34.2 Å². The Morgan fingerprint density at radius 3 is 2.78 bits per heavy atom. The van der Waals surface area contributed by atoms with Crippen molar-refractivity contribution >= 4 is 22.9 Å². The van der Waals surface area contributed by atoms with Gasteiger partial charge in [0.2, 0.25) is 5.91 Å². The molecule has 27 heavy (non-hydrogen) atoms. The smallest absolute Gasteiger partial charge is 0.241 e. The lowest BCUT2D eigenvalue weighted by molar-refractivity contribution is -0.117. The molecular formula is C18H21N5O3S. The average Bonchev–Trinajstić information content (AvgIpc) is 3.34. The van der Waals surface area contributed by atoms with Crippen molar-refractivity contribution in [2.45, 2.75) is 26.3 Å². The van der Waals surface area contributed by atoms with E-state index in [0.717, 1.165) is 0 Å². The highest BCUT2D eigenvalue weighted by atomic mass is 32.1. The van der Waals surface area contributed by atoms with Crippen LogP contribution in [0.4, 0.5) is 5.69 Å². The maximum Gasteiger partial charge on any atom is 0.241 e. The van der Waals surface area contributed by atoms with E-state index in [1.54, 1.807) is 24.9 Å². The first-order valence-electron chi connectivity index (χ1n) is 8.43. The summed E-state index contributed by atoms with van der Waals surface area (Å²) in [7, 11) is 1.55. The van der Waals surface area contributed by atoms with E-state index in [0.29, 0.717) is 45.7 Å². The van der Waals surface area contributed by atoms with Gasteiger partial charge in [-0.15, -0.1) is 10.2 Å². The molecule has 0 fully saturated rings. The molecule has 1 amide bonds. The Balaban J connectivity index is 2.03. The normalized spacial score (nSPS) is 12.2. The number of anilines is 1. The molecule has 8 nitrogen and oxygen atoms in total. The summed E-state index contributed by atoms with van der Waals surface area (Å²) in [5.74, 6) is 1.14. The number of oxazole rings is 1. The van der Waals surface area contributed by atoms with Crippen molar-refractivity contribution in [2.75, 3.05) is 12.4 Å². The number of hydrogen-bond donors (Lipinski definition) is 2. The highest BCUT2D eigenvalue weighted by Gasteiger charge is 2.21. The number of nitrogens with two attached hydrogens (primary N) is 1. The Kier molecular flexibility index (Phi) is 5.82. The van der Waals surface area contributed by atoms with Gasteiger partial charge in [-0.05, 0) is 18.4 Å². The van der Waals surface area contributed by atoms with E-state index in [1.165, 1.54) is 17.7 Å². The van der Waals surface area contributed by atoms with Crippen LogP contribution in [0.15, 0.2) is 34.7 Å². The van der Waals surface area contributed by atoms with Crippen LogP contribution in [-0.2, 0) is 4.79 Å². The van der Waals surface area contributed by atoms with Crippen molar-refractivity contribution < 1.29 is 13.9 Å². The van der Waals surface area contributed by atoms with Gasteiger partial charge < -0.3 is 20.2 Å². The summed E-state index contributed by atoms with van der Waals surface area (Å²) < 4.78 is 10.9. The van der Waals surface area contributed by atoms with Gasteiger partial charge in [-0.25, -0.2) is 4.98 Å².